The van der Waals surface area contributed by atoms with Crippen LogP contribution in [0.5, 0.6) is 28.7 Å². The van der Waals surface area contributed by atoms with Gasteiger partial charge < -0.3 is 34.1 Å². The maximum absolute atomic E-state index is 10.3. The van der Waals surface area contributed by atoms with Gasteiger partial charge >= 0.3 is 0 Å². The van der Waals surface area contributed by atoms with E-state index in [0.29, 0.717) is 41.7 Å². The highest BCUT2D eigenvalue weighted by molar-refractivity contribution is 5.66. The van der Waals surface area contributed by atoms with Crippen molar-refractivity contribution in [1.29, 1.82) is 5.26 Å². The zero-order valence-corrected chi connectivity index (χ0v) is 24.0. The van der Waals surface area contributed by atoms with E-state index in [0.717, 1.165) is 33.4 Å². The average Bonchev–Trinajstić information content (AvgIpc) is 3.38. The van der Waals surface area contributed by atoms with E-state index in [1.54, 1.807) is 7.11 Å². The second-order valence-corrected chi connectivity index (χ2v) is 10.7. The molecule has 0 radical (unpaired) electrons. The zero-order chi connectivity index (χ0) is 28.0. The average molecular weight is 539 g/mol. The highest BCUT2D eigenvalue weighted by atomic mass is 17.2. The molecule has 39 heavy (non-hydrogen) atoms. The Morgan fingerprint density at radius 3 is 2.46 bits per heavy atom. The first-order chi connectivity index (χ1) is 18.7. The molecule has 0 spiro atoms. The van der Waals surface area contributed by atoms with Crippen LogP contribution in [0.4, 0.5) is 0 Å². The summed E-state index contributed by atoms with van der Waals surface area (Å²) in [5.41, 5.74) is 5.82. The smallest absolute Gasteiger partial charge is 0.232 e. The number of aryl methyl sites for hydroxylation is 2. The van der Waals surface area contributed by atoms with Gasteiger partial charge in [-0.2, -0.15) is 5.26 Å². The molecular weight excluding hydrogens is 500 g/mol. The molecule has 0 aromatic heterocycles. The summed E-state index contributed by atoms with van der Waals surface area (Å²) in [7, 11) is 7.70. The van der Waals surface area contributed by atoms with Gasteiger partial charge in [0.05, 0.1) is 31.3 Å². The largest absolute Gasteiger partial charge is 0.493 e. The van der Waals surface area contributed by atoms with Gasteiger partial charge in [-0.05, 0) is 66.4 Å². The quantitative estimate of drug-likeness (QED) is 0.568. The van der Waals surface area contributed by atoms with E-state index in [1.165, 1.54) is 0 Å². The van der Waals surface area contributed by atoms with E-state index in [9.17, 15) is 5.26 Å². The van der Waals surface area contributed by atoms with Crippen LogP contribution >= 0.6 is 0 Å². The number of hydrogen-bond acceptors (Lipinski definition) is 10. The number of nitriles is 1. The number of fused-ring (bicyclic) bond motifs is 4. The summed E-state index contributed by atoms with van der Waals surface area (Å²) >= 11 is 0. The molecule has 2 aromatic carbocycles. The zero-order valence-electron chi connectivity index (χ0n) is 24.0. The van der Waals surface area contributed by atoms with Gasteiger partial charge in [-0.3, -0.25) is 4.90 Å². The Balaban J connectivity index is 1.85. The van der Waals surface area contributed by atoms with Gasteiger partial charge in [-0.25, -0.2) is 0 Å². The fourth-order valence-corrected chi connectivity index (χ4v) is 6.68. The van der Waals surface area contributed by atoms with Crippen LogP contribution in [0.2, 0.25) is 0 Å². The fourth-order valence-electron chi connectivity index (χ4n) is 6.68. The van der Waals surface area contributed by atoms with Crippen LogP contribution in [0.1, 0.15) is 52.4 Å². The molecule has 3 aliphatic rings. The minimum Gasteiger partial charge on any atom is -0.493 e. The monoisotopic (exact) mass is 538 g/mol. The Morgan fingerprint density at radius 1 is 1.08 bits per heavy atom. The number of nitrogens with one attached hydrogen (secondary N) is 1. The lowest BCUT2D eigenvalue weighted by Gasteiger charge is -2.49. The highest BCUT2D eigenvalue weighted by Crippen LogP contribution is 2.55. The Labute approximate surface area is 230 Å². The third kappa shape index (κ3) is 4.34. The SMILES string of the molecule is CNC[C@H]1c2c3c(c(C)c4c2OCO4)OOCOc2c(OC)c(C)cc(C)c2[C@@H](N(C)C)C(C3)N1C(C)C#N. The molecule has 10 heteroatoms. The topological polar surface area (TPSA) is 97.7 Å². The summed E-state index contributed by atoms with van der Waals surface area (Å²) < 4.78 is 24.1. The minimum atomic E-state index is -0.397. The minimum absolute atomic E-state index is 0.130. The molecule has 3 heterocycles. The third-order valence-corrected chi connectivity index (χ3v) is 8.14. The van der Waals surface area contributed by atoms with Crippen molar-refractivity contribution in [3.05, 3.63) is 39.4 Å². The summed E-state index contributed by atoms with van der Waals surface area (Å²) in [5.74, 6) is 3.24. The lowest BCUT2D eigenvalue weighted by Crippen LogP contribution is -2.55. The lowest BCUT2D eigenvalue weighted by atomic mass is 9.79. The van der Waals surface area contributed by atoms with Gasteiger partial charge in [0.15, 0.2) is 28.7 Å². The van der Waals surface area contributed by atoms with Crippen molar-refractivity contribution in [2.75, 3.05) is 48.4 Å². The van der Waals surface area contributed by atoms with Crippen molar-refractivity contribution in [1.82, 2.24) is 15.1 Å². The molecule has 2 aromatic rings. The standard InChI is InChI=1S/C29H38N4O6/c1-15-9-16(2)25(34-8)28-22(15)24(32(6)7)20-10-19-23(21(12-31-5)33(20)17(3)11-30)29-27(35-13-36-29)18(4)26(19)39-38-14-37-28/h9,17,20-21,24,31H,10,12-14H2,1-8H3/t17?,20?,21-,24-/m0/s1. The molecule has 0 fully saturated rings. The van der Waals surface area contributed by atoms with Gasteiger partial charge in [-0.15, -0.1) is 4.89 Å². The van der Waals surface area contributed by atoms with Crippen LogP contribution in [-0.4, -0.2) is 70.3 Å². The van der Waals surface area contributed by atoms with Gasteiger partial charge in [0.2, 0.25) is 13.6 Å². The second-order valence-electron chi connectivity index (χ2n) is 10.7. The van der Waals surface area contributed by atoms with Crippen molar-refractivity contribution < 1.29 is 28.7 Å². The van der Waals surface area contributed by atoms with Gasteiger partial charge in [0.1, 0.15) is 0 Å². The molecule has 5 rings (SSSR count). The van der Waals surface area contributed by atoms with Crippen molar-refractivity contribution >= 4 is 0 Å². The second kappa shape index (κ2) is 10.7. The van der Waals surface area contributed by atoms with Crippen LogP contribution in [0.25, 0.3) is 0 Å². The Hall–Kier alpha value is -3.23. The van der Waals surface area contributed by atoms with E-state index in [1.807, 2.05) is 27.8 Å². The van der Waals surface area contributed by atoms with Crippen LogP contribution in [0.3, 0.4) is 0 Å². The molecule has 1 N–H and O–H groups in total. The molecule has 0 aliphatic carbocycles. The maximum Gasteiger partial charge on any atom is 0.232 e. The van der Waals surface area contributed by atoms with Gasteiger partial charge in [0.25, 0.3) is 0 Å². The van der Waals surface area contributed by atoms with E-state index < -0.39 is 6.04 Å². The normalized spacial score (nSPS) is 22.7. The molecule has 210 valence electrons. The summed E-state index contributed by atoms with van der Waals surface area (Å²) in [5, 5.41) is 13.6. The van der Waals surface area contributed by atoms with Crippen LogP contribution < -0.4 is 29.2 Å². The number of likely N-dealkylation sites (N-methyl/N-ethyl adjacent to an activating group) is 2. The van der Waals surface area contributed by atoms with Crippen LogP contribution in [0, 0.1) is 32.1 Å². The summed E-state index contributed by atoms with van der Waals surface area (Å²) in [4.78, 5) is 16.2. The molecule has 0 saturated carbocycles. The van der Waals surface area contributed by atoms with Crippen molar-refractivity contribution in [3.63, 3.8) is 0 Å². The van der Waals surface area contributed by atoms with E-state index in [2.05, 4.69) is 48.3 Å². The van der Waals surface area contributed by atoms with E-state index >= 15 is 0 Å². The summed E-state index contributed by atoms with van der Waals surface area (Å²) in [6.07, 6.45) is 0.593. The molecule has 4 atom stereocenters. The first-order valence-corrected chi connectivity index (χ1v) is 13.3. The molecule has 3 aliphatic heterocycles. The molecule has 0 saturated heterocycles. The van der Waals surface area contributed by atoms with Gasteiger partial charge in [-0.1, -0.05) is 6.07 Å². The summed E-state index contributed by atoms with van der Waals surface area (Å²) in [6, 6.07) is 3.76. The van der Waals surface area contributed by atoms with Crippen LogP contribution in [0.15, 0.2) is 6.07 Å². The molecule has 2 bridgehead atoms. The lowest BCUT2D eigenvalue weighted by molar-refractivity contribution is -0.247. The molecular formula is C29H38N4O6. The first-order valence-electron chi connectivity index (χ1n) is 13.3. The Morgan fingerprint density at radius 2 is 1.79 bits per heavy atom. The van der Waals surface area contributed by atoms with Crippen molar-refractivity contribution in [2.24, 2.45) is 0 Å². The molecule has 0 amide bonds. The predicted octanol–water partition coefficient (Wildman–Crippen LogP) is 3.71. The van der Waals surface area contributed by atoms with E-state index in [4.69, 9.17) is 28.7 Å². The highest BCUT2D eigenvalue weighted by Gasteiger charge is 2.48. The number of rotatable bonds is 5. The fraction of sp³-hybridized carbons (Fsp3) is 0.552. The first kappa shape index (κ1) is 27.3. The van der Waals surface area contributed by atoms with Crippen molar-refractivity contribution in [3.8, 4) is 34.8 Å². The Kier molecular flexibility index (Phi) is 7.53. The number of methoxy groups -OCH3 is 1. The molecule has 2 unspecified atom stereocenters. The summed E-state index contributed by atoms with van der Waals surface area (Å²) in [6.45, 7) is 8.59. The predicted molar refractivity (Wildman–Crippen MR) is 144 cm³/mol. The van der Waals surface area contributed by atoms with Crippen molar-refractivity contribution in [2.45, 2.75) is 58.3 Å². The van der Waals surface area contributed by atoms with E-state index in [-0.39, 0.29) is 31.7 Å². The number of nitrogens with zero attached hydrogens (tertiary/aromatic N) is 3. The van der Waals surface area contributed by atoms with Crippen LogP contribution in [-0.2, 0) is 11.3 Å². The Bertz CT molecular complexity index is 1310. The number of hydrogen-bond donors (Lipinski definition) is 1. The van der Waals surface area contributed by atoms with Gasteiger partial charge in [0, 0.05) is 34.8 Å². The number of benzene rings is 2. The third-order valence-electron chi connectivity index (χ3n) is 8.14. The maximum atomic E-state index is 10.3. The number of ether oxygens (including phenoxy) is 4. The molecule has 10 nitrogen and oxygen atoms in total.